The number of hydrazone groups is 1. The summed E-state index contributed by atoms with van der Waals surface area (Å²) in [5.41, 5.74) is 3.46. The molecule has 0 unspecified atom stereocenters. The van der Waals surface area contributed by atoms with Crippen LogP contribution in [-0.4, -0.2) is 43.2 Å². The molecule has 0 aliphatic carbocycles. The third-order valence-electron chi connectivity index (χ3n) is 4.97. The van der Waals surface area contributed by atoms with Crippen molar-refractivity contribution >= 4 is 62.7 Å². The Hall–Kier alpha value is -5.38. The zero-order chi connectivity index (χ0) is 27.9. The number of halogens is 1. The number of rotatable bonds is 10. The zero-order valence-electron chi connectivity index (χ0n) is 19.9. The number of nitrogens with zero attached hydrogens (tertiary/aromatic N) is 6. The van der Waals surface area contributed by atoms with Crippen molar-refractivity contribution in [2.75, 3.05) is 23.2 Å². The van der Waals surface area contributed by atoms with E-state index in [-0.39, 0.29) is 45.0 Å². The van der Waals surface area contributed by atoms with Gasteiger partial charge in [0.05, 0.1) is 27.6 Å². The number of non-ortho nitro benzene ring substituents is 2. The van der Waals surface area contributed by atoms with Crippen LogP contribution in [0.2, 0.25) is 0 Å². The SMILES string of the molecule is COc1ccc(Nc2nc(N/N=C\c3cc([N+](=O)[O-])cc(Br)c3O)nc(Nc3ccc([N+](=O)[O-])cc3)n2)cc1. The number of methoxy groups -OCH3 is 1. The van der Waals surface area contributed by atoms with E-state index in [0.717, 1.165) is 12.3 Å². The van der Waals surface area contributed by atoms with Crippen LogP contribution in [0, 0.1) is 20.2 Å². The fourth-order valence-corrected chi connectivity index (χ4v) is 3.57. The van der Waals surface area contributed by atoms with E-state index < -0.39 is 9.85 Å². The van der Waals surface area contributed by atoms with Crippen LogP contribution in [0.15, 0.2) is 70.2 Å². The minimum atomic E-state index is -0.603. The highest BCUT2D eigenvalue weighted by atomic mass is 79.9. The lowest BCUT2D eigenvalue weighted by Gasteiger charge is -2.10. The Morgan fingerprint density at radius 2 is 1.41 bits per heavy atom. The third kappa shape index (κ3) is 6.89. The summed E-state index contributed by atoms with van der Waals surface area (Å²) < 4.78 is 5.28. The van der Waals surface area contributed by atoms with Gasteiger partial charge >= 0.3 is 0 Å². The van der Waals surface area contributed by atoms with E-state index in [2.05, 4.69) is 52.0 Å². The number of ether oxygens (including phenoxy) is 1. The summed E-state index contributed by atoms with van der Waals surface area (Å²) in [6.07, 6.45) is 1.16. The zero-order valence-corrected chi connectivity index (χ0v) is 21.5. The Bertz CT molecular complexity index is 1550. The number of hydrogen-bond acceptors (Lipinski definition) is 13. The van der Waals surface area contributed by atoms with Gasteiger partial charge < -0.3 is 20.5 Å². The Balaban J connectivity index is 1.61. The second kappa shape index (κ2) is 11.8. The molecule has 198 valence electrons. The number of phenols is 1. The molecule has 3 aromatic carbocycles. The number of nitrogens with one attached hydrogen (secondary N) is 3. The average Bonchev–Trinajstić information content (AvgIpc) is 2.91. The summed E-state index contributed by atoms with van der Waals surface area (Å²) in [7, 11) is 1.55. The van der Waals surface area contributed by atoms with E-state index in [1.165, 1.54) is 30.3 Å². The quantitative estimate of drug-likeness (QED) is 0.107. The largest absolute Gasteiger partial charge is 0.506 e. The first-order chi connectivity index (χ1) is 18.7. The highest BCUT2D eigenvalue weighted by molar-refractivity contribution is 9.10. The standard InChI is InChI=1S/C23H18BrN9O6/c1-39-18-8-4-15(5-9-18)27-22-28-21(26-14-2-6-16(7-3-14)32(35)36)29-23(30-22)31-25-12-13-10-17(33(37)38)11-19(24)20(13)34/h2-12,34H,1H3,(H3,26,27,28,29,30,31)/b25-12-. The van der Waals surface area contributed by atoms with Crippen molar-refractivity contribution in [3.8, 4) is 11.5 Å². The minimum absolute atomic E-state index is 0.0225. The van der Waals surface area contributed by atoms with Gasteiger partial charge in [-0.15, -0.1) is 0 Å². The van der Waals surface area contributed by atoms with Gasteiger partial charge in [-0.1, -0.05) is 0 Å². The van der Waals surface area contributed by atoms with Gasteiger partial charge in [0.1, 0.15) is 11.5 Å². The minimum Gasteiger partial charge on any atom is -0.506 e. The first kappa shape index (κ1) is 26.7. The summed E-state index contributed by atoms with van der Waals surface area (Å²) in [5, 5.41) is 42.2. The maximum absolute atomic E-state index is 11.1. The van der Waals surface area contributed by atoms with Crippen molar-refractivity contribution in [3.63, 3.8) is 0 Å². The lowest BCUT2D eigenvalue weighted by Crippen LogP contribution is -2.07. The number of aromatic nitrogens is 3. The van der Waals surface area contributed by atoms with Crippen molar-refractivity contribution < 1.29 is 19.7 Å². The maximum Gasteiger partial charge on any atom is 0.271 e. The summed E-state index contributed by atoms with van der Waals surface area (Å²) >= 11 is 3.07. The first-order valence-electron chi connectivity index (χ1n) is 10.9. The summed E-state index contributed by atoms with van der Waals surface area (Å²) in [5.74, 6) is 0.589. The van der Waals surface area contributed by atoms with Crippen LogP contribution in [0.3, 0.4) is 0 Å². The van der Waals surface area contributed by atoms with Gasteiger partial charge in [0.25, 0.3) is 11.4 Å². The van der Waals surface area contributed by atoms with Crippen LogP contribution in [-0.2, 0) is 0 Å². The predicted molar refractivity (Wildman–Crippen MR) is 146 cm³/mol. The molecule has 0 aliphatic heterocycles. The summed E-state index contributed by atoms with van der Waals surface area (Å²) in [4.78, 5) is 33.8. The number of aromatic hydroxyl groups is 1. The van der Waals surface area contributed by atoms with Crippen LogP contribution in [0.1, 0.15) is 5.56 Å². The topological polar surface area (TPSA) is 203 Å². The van der Waals surface area contributed by atoms with Gasteiger partial charge in [-0.25, -0.2) is 5.43 Å². The second-order valence-electron chi connectivity index (χ2n) is 7.58. The Labute approximate surface area is 228 Å². The molecule has 1 aromatic heterocycles. The molecule has 16 heteroatoms. The molecule has 4 rings (SSSR count). The molecule has 0 spiro atoms. The van der Waals surface area contributed by atoms with Crippen LogP contribution in [0.5, 0.6) is 11.5 Å². The average molecular weight is 596 g/mol. The maximum atomic E-state index is 11.1. The monoisotopic (exact) mass is 595 g/mol. The third-order valence-corrected chi connectivity index (χ3v) is 5.58. The smallest absolute Gasteiger partial charge is 0.271 e. The normalized spacial score (nSPS) is 10.7. The highest BCUT2D eigenvalue weighted by Crippen LogP contribution is 2.31. The number of hydrogen-bond donors (Lipinski definition) is 4. The molecule has 0 bridgehead atoms. The molecule has 15 nitrogen and oxygen atoms in total. The van der Waals surface area contributed by atoms with Gasteiger partial charge in [-0.2, -0.15) is 20.1 Å². The van der Waals surface area contributed by atoms with Crippen molar-refractivity contribution in [3.05, 3.63) is 90.9 Å². The van der Waals surface area contributed by atoms with E-state index in [0.29, 0.717) is 17.1 Å². The first-order valence-corrected chi connectivity index (χ1v) is 11.7. The molecule has 0 fully saturated rings. The Kier molecular flexibility index (Phi) is 8.06. The second-order valence-corrected chi connectivity index (χ2v) is 8.44. The molecule has 39 heavy (non-hydrogen) atoms. The number of nitro benzene ring substituents is 2. The molecule has 0 aliphatic rings. The van der Waals surface area contributed by atoms with Gasteiger partial charge in [0, 0.05) is 41.2 Å². The van der Waals surface area contributed by atoms with E-state index in [9.17, 15) is 25.3 Å². The molecule has 0 saturated heterocycles. The van der Waals surface area contributed by atoms with Crippen molar-refractivity contribution in [2.45, 2.75) is 0 Å². The van der Waals surface area contributed by atoms with Crippen LogP contribution in [0.4, 0.5) is 40.6 Å². The molecule has 4 aromatic rings. The van der Waals surface area contributed by atoms with Crippen LogP contribution >= 0.6 is 15.9 Å². The molecular weight excluding hydrogens is 578 g/mol. The predicted octanol–water partition coefficient (Wildman–Crippen LogP) is 5.10. The van der Waals surface area contributed by atoms with Crippen molar-refractivity contribution in [1.82, 2.24) is 15.0 Å². The van der Waals surface area contributed by atoms with E-state index in [1.54, 1.807) is 31.4 Å². The summed E-state index contributed by atoms with van der Waals surface area (Å²) in [6.45, 7) is 0. The molecule has 0 amide bonds. The molecule has 0 saturated carbocycles. The van der Waals surface area contributed by atoms with E-state index >= 15 is 0 Å². The number of phenolic OH excluding ortho intramolecular Hbond substituents is 1. The Morgan fingerprint density at radius 1 is 0.872 bits per heavy atom. The summed E-state index contributed by atoms with van der Waals surface area (Å²) in [6, 6.07) is 14.9. The van der Waals surface area contributed by atoms with Gasteiger partial charge in [-0.3, -0.25) is 20.2 Å². The molecule has 0 atom stereocenters. The fourth-order valence-electron chi connectivity index (χ4n) is 3.11. The van der Waals surface area contributed by atoms with Gasteiger partial charge in [0.15, 0.2) is 0 Å². The Morgan fingerprint density at radius 3 is 1.95 bits per heavy atom. The molecule has 4 N–H and O–H groups in total. The molecular formula is C23H18BrN9O6. The van der Waals surface area contributed by atoms with Gasteiger partial charge in [0.2, 0.25) is 17.8 Å². The van der Waals surface area contributed by atoms with Crippen molar-refractivity contribution in [1.29, 1.82) is 0 Å². The van der Waals surface area contributed by atoms with E-state index in [4.69, 9.17) is 4.74 Å². The van der Waals surface area contributed by atoms with Crippen molar-refractivity contribution in [2.24, 2.45) is 5.10 Å². The number of benzene rings is 3. The van der Waals surface area contributed by atoms with Crippen LogP contribution < -0.4 is 20.8 Å². The number of nitro groups is 2. The lowest BCUT2D eigenvalue weighted by molar-refractivity contribution is -0.385. The van der Waals surface area contributed by atoms with Gasteiger partial charge in [-0.05, 0) is 52.3 Å². The van der Waals surface area contributed by atoms with Crippen LogP contribution in [0.25, 0.3) is 0 Å². The molecule has 0 radical (unpaired) electrons. The number of anilines is 5. The van der Waals surface area contributed by atoms with E-state index in [1.807, 2.05) is 0 Å². The fraction of sp³-hybridized carbons (Fsp3) is 0.0435. The molecule has 1 heterocycles. The lowest BCUT2D eigenvalue weighted by atomic mass is 10.2. The highest BCUT2D eigenvalue weighted by Gasteiger charge is 2.14.